The molecule has 0 unspecified atom stereocenters. The number of piperazine rings is 1. The molecule has 4 rings (SSSR count). The third-order valence-corrected chi connectivity index (χ3v) is 6.56. The Bertz CT molecular complexity index is 1140. The number of aromatic nitrogens is 3. The maximum absolute atomic E-state index is 13.2. The van der Waals surface area contributed by atoms with Gasteiger partial charge in [-0.25, -0.2) is 0 Å². The first-order valence-corrected chi connectivity index (χ1v) is 11.5. The fourth-order valence-corrected chi connectivity index (χ4v) is 4.63. The highest BCUT2D eigenvalue weighted by molar-refractivity contribution is 7.98. The third-order valence-electron chi connectivity index (χ3n) is 5.56. The standard InChI is InChI=1S/C23H24F3N5OS/c1-16-27-28-22(31(16)20-8-4-7-19(14-20)23(24,25)26)33-15-17-5-3-6-18(13-17)21(32)30-11-9-29(2)10-12-30/h3-8,13-14H,9-12,15H2,1-2H3. The highest BCUT2D eigenvalue weighted by Crippen LogP contribution is 2.32. The van der Waals surface area contributed by atoms with E-state index in [1.165, 1.54) is 17.8 Å². The van der Waals surface area contributed by atoms with Crippen molar-refractivity contribution in [2.24, 2.45) is 0 Å². The summed E-state index contributed by atoms with van der Waals surface area (Å²) >= 11 is 1.36. The minimum Gasteiger partial charge on any atom is -0.336 e. The zero-order chi connectivity index (χ0) is 23.6. The quantitative estimate of drug-likeness (QED) is 0.516. The first-order valence-electron chi connectivity index (χ1n) is 10.5. The summed E-state index contributed by atoms with van der Waals surface area (Å²) in [5.41, 5.74) is 1.19. The topological polar surface area (TPSA) is 54.3 Å². The van der Waals surface area contributed by atoms with E-state index in [-0.39, 0.29) is 5.91 Å². The largest absolute Gasteiger partial charge is 0.416 e. The Morgan fingerprint density at radius 3 is 2.48 bits per heavy atom. The summed E-state index contributed by atoms with van der Waals surface area (Å²) in [5.74, 6) is 1.01. The molecule has 0 atom stereocenters. The lowest BCUT2D eigenvalue weighted by Crippen LogP contribution is -2.47. The molecule has 10 heteroatoms. The van der Waals surface area contributed by atoms with Gasteiger partial charge in [0.05, 0.1) is 5.56 Å². The monoisotopic (exact) mass is 475 g/mol. The van der Waals surface area contributed by atoms with Crippen molar-refractivity contribution in [3.63, 3.8) is 0 Å². The fraction of sp³-hybridized carbons (Fsp3) is 0.348. The lowest BCUT2D eigenvalue weighted by Gasteiger charge is -2.32. The lowest BCUT2D eigenvalue weighted by atomic mass is 10.1. The SMILES string of the molecule is Cc1nnc(SCc2cccc(C(=O)N3CCN(C)CC3)c2)n1-c1cccc(C(F)(F)F)c1. The van der Waals surface area contributed by atoms with Gasteiger partial charge in [0.15, 0.2) is 5.16 Å². The number of benzene rings is 2. The van der Waals surface area contributed by atoms with Crippen molar-refractivity contribution in [1.29, 1.82) is 0 Å². The first-order chi connectivity index (χ1) is 15.7. The Morgan fingerprint density at radius 1 is 1.03 bits per heavy atom. The lowest BCUT2D eigenvalue weighted by molar-refractivity contribution is -0.137. The van der Waals surface area contributed by atoms with Crippen LogP contribution in [0.2, 0.25) is 0 Å². The summed E-state index contributed by atoms with van der Waals surface area (Å²) in [4.78, 5) is 16.9. The van der Waals surface area contributed by atoms with Crippen LogP contribution in [0, 0.1) is 6.92 Å². The number of nitrogens with zero attached hydrogens (tertiary/aromatic N) is 5. The fourth-order valence-electron chi connectivity index (χ4n) is 3.69. The van der Waals surface area contributed by atoms with Crippen LogP contribution in [0.1, 0.15) is 27.3 Å². The van der Waals surface area contributed by atoms with Gasteiger partial charge >= 0.3 is 6.18 Å². The van der Waals surface area contributed by atoms with Gasteiger partial charge < -0.3 is 9.80 Å². The molecule has 2 heterocycles. The van der Waals surface area contributed by atoms with Crippen molar-refractivity contribution >= 4 is 17.7 Å². The van der Waals surface area contributed by atoms with Gasteiger partial charge in [-0.05, 0) is 49.9 Å². The molecule has 1 aromatic heterocycles. The molecule has 1 amide bonds. The number of alkyl halides is 3. The van der Waals surface area contributed by atoms with Gasteiger partial charge in [-0.2, -0.15) is 13.2 Å². The minimum absolute atomic E-state index is 0.0120. The number of amides is 1. The van der Waals surface area contributed by atoms with Crippen molar-refractivity contribution in [2.45, 2.75) is 24.0 Å². The first kappa shape index (κ1) is 23.3. The van der Waals surface area contributed by atoms with E-state index >= 15 is 0 Å². The van der Waals surface area contributed by atoms with Crippen molar-refractivity contribution < 1.29 is 18.0 Å². The summed E-state index contributed by atoms with van der Waals surface area (Å²) in [7, 11) is 2.04. The molecule has 174 valence electrons. The summed E-state index contributed by atoms with van der Waals surface area (Å²) in [6.45, 7) is 4.81. The number of likely N-dealkylation sites (N-methyl/N-ethyl adjacent to an activating group) is 1. The molecule has 0 saturated carbocycles. The van der Waals surface area contributed by atoms with Gasteiger partial charge in [0.1, 0.15) is 5.82 Å². The van der Waals surface area contributed by atoms with E-state index in [1.54, 1.807) is 17.6 Å². The Hall–Kier alpha value is -2.85. The highest BCUT2D eigenvalue weighted by Gasteiger charge is 2.31. The molecule has 3 aromatic rings. The molecule has 0 spiro atoms. The molecule has 1 aliphatic rings. The number of carbonyl (C=O) groups excluding carboxylic acids is 1. The number of halogens is 3. The molecule has 1 fully saturated rings. The van der Waals surface area contributed by atoms with Crippen molar-refractivity contribution in [1.82, 2.24) is 24.6 Å². The van der Waals surface area contributed by atoms with Gasteiger partial charge in [-0.3, -0.25) is 9.36 Å². The number of hydrogen-bond donors (Lipinski definition) is 0. The molecular formula is C23H24F3N5OS. The molecule has 0 radical (unpaired) electrons. The van der Waals surface area contributed by atoms with Gasteiger partial charge in [0.25, 0.3) is 5.91 Å². The maximum Gasteiger partial charge on any atom is 0.416 e. The van der Waals surface area contributed by atoms with Gasteiger partial charge in [-0.1, -0.05) is 30.0 Å². The summed E-state index contributed by atoms with van der Waals surface area (Å²) < 4.78 is 41.1. The second kappa shape index (κ2) is 9.56. The highest BCUT2D eigenvalue weighted by atomic mass is 32.2. The van der Waals surface area contributed by atoms with Crippen LogP contribution in [0.4, 0.5) is 13.2 Å². The number of hydrogen-bond acceptors (Lipinski definition) is 5. The molecule has 2 aromatic carbocycles. The normalized spacial score (nSPS) is 15.1. The minimum atomic E-state index is -4.43. The third kappa shape index (κ3) is 5.39. The van der Waals surface area contributed by atoms with E-state index in [0.717, 1.165) is 30.8 Å². The van der Waals surface area contributed by atoms with Crippen LogP contribution in [0.3, 0.4) is 0 Å². The van der Waals surface area contributed by atoms with Gasteiger partial charge in [0.2, 0.25) is 0 Å². The van der Waals surface area contributed by atoms with Crippen molar-refractivity contribution in [3.05, 3.63) is 71.0 Å². The van der Waals surface area contributed by atoms with Crippen LogP contribution in [-0.4, -0.2) is 63.7 Å². The predicted octanol–water partition coefficient (Wildman–Crippen LogP) is 4.27. The molecule has 1 saturated heterocycles. The van der Waals surface area contributed by atoms with Crippen molar-refractivity contribution in [3.8, 4) is 5.69 Å². The zero-order valence-corrected chi connectivity index (χ0v) is 19.2. The molecule has 33 heavy (non-hydrogen) atoms. The second-order valence-corrected chi connectivity index (χ2v) is 8.94. The Kier molecular flexibility index (Phi) is 6.76. The molecule has 0 aliphatic carbocycles. The Balaban J connectivity index is 1.50. The summed E-state index contributed by atoms with van der Waals surface area (Å²) in [5, 5.41) is 8.70. The van der Waals surface area contributed by atoms with Crippen LogP contribution in [-0.2, 0) is 11.9 Å². The van der Waals surface area contributed by atoms with Crippen LogP contribution in [0.5, 0.6) is 0 Å². The van der Waals surface area contributed by atoms with Gasteiger partial charge in [0, 0.05) is 43.2 Å². The number of rotatable bonds is 5. The number of aryl methyl sites for hydroxylation is 1. The van der Waals surface area contributed by atoms with Crippen LogP contribution in [0.25, 0.3) is 5.69 Å². The number of thioether (sulfide) groups is 1. The maximum atomic E-state index is 13.2. The zero-order valence-electron chi connectivity index (χ0n) is 18.3. The van der Waals surface area contributed by atoms with E-state index < -0.39 is 11.7 Å². The summed E-state index contributed by atoms with van der Waals surface area (Å²) in [6, 6.07) is 12.6. The summed E-state index contributed by atoms with van der Waals surface area (Å²) in [6.07, 6.45) is -4.43. The van der Waals surface area contributed by atoms with E-state index in [4.69, 9.17) is 0 Å². The van der Waals surface area contributed by atoms with Crippen LogP contribution >= 0.6 is 11.8 Å². The average molecular weight is 476 g/mol. The van der Waals surface area contributed by atoms with Crippen molar-refractivity contribution in [2.75, 3.05) is 33.2 Å². The van der Waals surface area contributed by atoms with E-state index in [9.17, 15) is 18.0 Å². The predicted molar refractivity (Wildman–Crippen MR) is 121 cm³/mol. The average Bonchev–Trinajstić information content (AvgIpc) is 3.17. The smallest absolute Gasteiger partial charge is 0.336 e. The van der Waals surface area contributed by atoms with Crippen LogP contribution < -0.4 is 0 Å². The van der Waals surface area contributed by atoms with E-state index in [1.807, 2.05) is 36.2 Å². The van der Waals surface area contributed by atoms with E-state index in [2.05, 4.69) is 15.1 Å². The Labute approximate surface area is 194 Å². The van der Waals surface area contributed by atoms with Crippen LogP contribution in [0.15, 0.2) is 53.7 Å². The molecule has 1 aliphatic heterocycles. The van der Waals surface area contributed by atoms with Gasteiger partial charge in [-0.15, -0.1) is 10.2 Å². The Morgan fingerprint density at radius 2 is 1.76 bits per heavy atom. The second-order valence-electron chi connectivity index (χ2n) is 8.00. The molecule has 0 bridgehead atoms. The molecule has 0 N–H and O–H groups in total. The number of carbonyl (C=O) groups is 1. The van der Waals surface area contributed by atoms with E-state index in [0.29, 0.717) is 41.1 Å². The molecule has 6 nitrogen and oxygen atoms in total. The molecular weight excluding hydrogens is 451 g/mol.